The fourth-order valence-electron chi connectivity index (χ4n) is 3.20. The lowest BCUT2D eigenvalue weighted by atomic mass is 10.1. The molecule has 0 unspecified atom stereocenters. The topological polar surface area (TPSA) is 75.2 Å². The number of benzene rings is 2. The first-order valence-corrected chi connectivity index (χ1v) is 10.1. The van der Waals surface area contributed by atoms with Crippen LogP contribution in [0.25, 0.3) is 21.3 Å². The fourth-order valence-corrected chi connectivity index (χ4v) is 4.18. The molecule has 4 rings (SSSR count). The van der Waals surface area contributed by atoms with Crippen molar-refractivity contribution in [1.82, 2.24) is 9.97 Å². The molecule has 160 valence electrons. The van der Waals surface area contributed by atoms with E-state index >= 15 is 0 Å². The molecule has 2 N–H and O–H groups in total. The number of carboxylic acids is 1. The van der Waals surface area contributed by atoms with Gasteiger partial charge in [0.2, 0.25) is 0 Å². The minimum atomic E-state index is -4.37. The summed E-state index contributed by atoms with van der Waals surface area (Å²) in [5.74, 6) is -0.286. The first-order valence-electron chi connectivity index (χ1n) is 9.29. The Bertz CT molecular complexity index is 1240. The summed E-state index contributed by atoms with van der Waals surface area (Å²) in [6.45, 7) is 2.10. The van der Waals surface area contributed by atoms with Crippen LogP contribution in [0.3, 0.4) is 0 Å². The van der Waals surface area contributed by atoms with Gasteiger partial charge in [-0.05, 0) is 37.3 Å². The predicted octanol–water partition coefficient (Wildman–Crippen LogP) is 5.82. The lowest BCUT2D eigenvalue weighted by Crippen LogP contribution is -2.03. The van der Waals surface area contributed by atoms with Gasteiger partial charge < -0.3 is 14.8 Å². The number of carboxylic acid groups (broad SMARTS) is 1. The fraction of sp³-hybridized carbons (Fsp3) is 0.182. The molecule has 9 heteroatoms. The zero-order chi connectivity index (χ0) is 22.2. The number of halogens is 3. The molecule has 5 nitrogen and oxygen atoms in total. The van der Waals surface area contributed by atoms with Gasteiger partial charge in [-0.3, -0.25) is 4.79 Å². The zero-order valence-corrected chi connectivity index (χ0v) is 17.1. The molecule has 2 heterocycles. The SMILES string of the molecule is Cc1nc(-c2ccc(C(F)(F)F)cc2)sc1COc1ccc2c(CC(=O)O)[nH]cc2c1. The summed E-state index contributed by atoms with van der Waals surface area (Å²) >= 11 is 1.37. The second-order valence-corrected chi connectivity index (χ2v) is 8.06. The summed E-state index contributed by atoms with van der Waals surface area (Å²) in [5, 5.41) is 11.3. The summed E-state index contributed by atoms with van der Waals surface area (Å²) in [4.78, 5) is 19.2. The molecule has 2 aromatic carbocycles. The Morgan fingerprint density at radius 1 is 1.19 bits per heavy atom. The van der Waals surface area contributed by atoms with E-state index in [2.05, 4.69) is 9.97 Å². The number of hydrogen-bond donors (Lipinski definition) is 2. The number of H-pyrrole nitrogens is 1. The normalized spacial score (nSPS) is 11.7. The van der Waals surface area contributed by atoms with Crippen LogP contribution in [0.2, 0.25) is 0 Å². The molecule has 2 aromatic heterocycles. The average molecular weight is 446 g/mol. The molecule has 0 saturated carbocycles. The van der Waals surface area contributed by atoms with Crippen LogP contribution in [0.1, 0.15) is 21.8 Å². The number of carbonyl (C=O) groups is 1. The van der Waals surface area contributed by atoms with Gasteiger partial charge in [0.15, 0.2) is 0 Å². The van der Waals surface area contributed by atoms with Crippen LogP contribution in [-0.2, 0) is 24.0 Å². The van der Waals surface area contributed by atoms with E-state index in [-0.39, 0.29) is 13.0 Å². The molecule has 0 spiro atoms. The van der Waals surface area contributed by atoms with Gasteiger partial charge in [0.05, 0.1) is 22.6 Å². The highest BCUT2D eigenvalue weighted by atomic mass is 32.1. The van der Waals surface area contributed by atoms with Gasteiger partial charge in [0.1, 0.15) is 17.4 Å². The van der Waals surface area contributed by atoms with E-state index in [0.717, 1.165) is 33.5 Å². The maximum atomic E-state index is 12.7. The first-order chi connectivity index (χ1) is 14.7. The van der Waals surface area contributed by atoms with Crippen LogP contribution in [-0.4, -0.2) is 21.0 Å². The second kappa shape index (κ2) is 8.07. The molecule has 31 heavy (non-hydrogen) atoms. The Morgan fingerprint density at radius 2 is 1.94 bits per heavy atom. The highest BCUT2D eigenvalue weighted by Gasteiger charge is 2.30. The number of ether oxygens (including phenoxy) is 1. The number of rotatable bonds is 6. The van der Waals surface area contributed by atoms with Gasteiger partial charge in [0, 0.05) is 28.2 Å². The number of thiazole rings is 1. The predicted molar refractivity (Wildman–Crippen MR) is 111 cm³/mol. The number of nitrogens with zero attached hydrogens (tertiary/aromatic N) is 1. The molecule has 0 aliphatic heterocycles. The van der Waals surface area contributed by atoms with Crippen molar-refractivity contribution in [3.8, 4) is 16.3 Å². The number of aromatic nitrogens is 2. The molecular formula is C22H17F3N2O3S. The van der Waals surface area contributed by atoms with E-state index < -0.39 is 17.7 Å². The van der Waals surface area contributed by atoms with Gasteiger partial charge >= 0.3 is 12.1 Å². The van der Waals surface area contributed by atoms with E-state index in [1.807, 2.05) is 19.1 Å². The van der Waals surface area contributed by atoms with Crippen LogP contribution in [0.15, 0.2) is 48.7 Å². The summed E-state index contributed by atoms with van der Waals surface area (Å²) in [5.41, 5.74) is 1.31. The van der Waals surface area contributed by atoms with Gasteiger partial charge in [-0.2, -0.15) is 13.2 Å². The molecule has 0 saturated heterocycles. The molecule has 0 atom stereocenters. The summed E-state index contributed by atoms with van der Waals surface area (Å²) in [6, 6.07) is 10.3. The van der Waals surface area contributed by atoms with Crippen molar-refractivity contribution in [2.75, 3.05) is 0 Å². The minimum Gasteiger partial charge on any atom is -0.488 e. The number of nitrogens with one attached hydrogen (secondary N) is 1. The number of aliphatic carboxylic acids is 1. The number of alkyl halides is 3. The van der Waals surface area contributed by atoms with Crippen molar-refractivity contribution in [1.29, 1.82) is 0 Å². The molecule has 0 aliphatic carbocycles. The van der Waals surface area contributed by atoms with E-state index in [0.29, 0.717) is 22.0 Å². The van der Waals surface area contributed by atoms with Crippen molar-refractivity contribution in [3.05, 3.63) is 70.5 Å². The van der Waals surface area contributed by atoms with E-state index in [1.165, 1.54) is 23.5 Å². The molecule has 0 amide bonds. The molecule has 0 fully saturated rings. The minimum absolute atomic E-state index is 0.0868. The van der Waals surface area contributed by atoms with Crippen LogP contribution in [0, 0.1) is 6.92 Å². The molecule has 0 bridgehead atoms. The van der Waals surface area contributed by atoms with Crippen molar-refractivity contribution in [3.63, 3.8) is 0 Å². The Morgan fingerprint density at radius 3 is 2.61 bits per heavy atom. The highest BCUT2D eigenvalue weighted by molar-refractivity contribution is 7.15. The lowest BCUT2D eigenvalue weighted by Gasteiger charge is -2.06. The summed E-state index contributed by atoms with van der Waals surface area (Å²) in [6.07, 6.45) is -2.72. The highest BCUT2D eigenvalue weighted by Crippen LogP contribution is 2.33. The van der Waals surface area contributed by atoms with Crippen molar-refractivity contribution in [2.24, 2.45) is 0 Å². The Balaban J connectivity index is 1.48. The largest absolute Gasteiger partial charge is 0.488 e. The van der Waals surface area contributed by atoms with Crippen molar-refractivity contribution < 1.29 is 27.8 Å². The third-order valence-corrected chi connectivity index (χ3v) is 5.98. The third-order valence-electron chi connectivity index (χ3n) is 4.80. The van der Waals surface area contributed by atoms with Gasteiger partial charge in [-0.1, -0.05) is 12.1 Å². The lowest BCUT2D eigenvalue weighted by molar-refractivity contribution is -0.138. The molecule has 0 aliphatic rings. The quantitative estimate of drug-likeness (QED) is 0.391. The molecule has 0 radical (unpaired) electrons. The monoisotopic (exact) mass is 446 g/mol. The van der Waals surface area contributed by atoms with Crippen molar-refractivity contribution in [2.45, 2.75) is 26.1 Å². The smallest absolute Gasteiger partial charge is 0.416 e. The summed E-state index contributed by atoms with van der Waals surface area (Å²) in [7, 11) is 0. The van der Waals surface area contributed by atoms with Crippen LogP contribution in [0.4, 0.5) is 13.2 Å². The number of fused-ring (bicyclic) bond motifs is 1. The molecular weight excluding hydrogens is 429 g/mol. The van der Waals surface area contributed by atoms with Crippen LogP contribution < -0.4 is 4.74 Å². The second-order valence-electron chi connectivity index (χ2n) is 6.98. The Kier molecular flexibility index (Phi) is 5.45. The van der Waals surface area contributed by atoms with Gasteiger partial charge in [0.25, 0.3) is 0 Å². The third kappa shape index (κ3) is 4.56. The number of aryl methyl sites for hydroxylation is 1. The van der Waals surface area contributed by atoms with E-state index in [1.54, 1.807) is 12.3 Å². The van der Waals surface area contributed by atoms with E-state index in [9.17, 15) is 18.0 Å². The maximum absolute atomic E-state index is 12.7. The standard InChI is InChI=1S/C22H17F3N2O3S/c1-12-19(31-21(27-12)13-2-4-15(5-3-13)22(23,24)25)11-30-16-6-7-17-14(8-16)10-26-18(17)9-20(28)29/h2-8,10,26H,9,11H2,1H3,(H,28,29). The van der Waals surface area contributed by atoms with Crippen LogP contribution in [0.5, 0.6) is 5.75 Å². The van der Waals surface area contributed by atoms with Crippen LogP contribution >= 0.6 is 11.3 Å². The summed E-state index contributed by atoms with van der Waals surface area (Å²) < 4.78 is 44.1. The number of hydrogen-bond acceptors (Lipinski definition) is 4. The Hall–Kier alpha value is -3.33. The maximum Gasteiger partial charge on any atom is 0.416 e. The average Bonchev–Trinajstić information content (AvgIpc) is 3.28. The van der Waals surface area contributed by atoms with Crippen molar-refractivity contribution >= 4 is 28.1 Å². The zero-order valence-electron chi connectivity index (χ0n) is 16.3. The van der Waals surface area contributed by atoms with Gasteiger partial charge in [-0.25, -0.2) is 4.98 Å². The number of aromatic amines is 1. The first kappa shape index (κ1) is 20.9. The van der Waals surface area contributed by atoms with Gasteiger partial charge in [-0.15, -0.1) is 11.3 Å². The molecule has 4 aromatic rings. The Labute approximate surface area is 179 Å². The van der Waals surface area contributed by atoms with E-state index in [4.69, 9.17) is 9.84 Å².